The summed E-state index contributed by atoms with van der Waals surface area (Å²) in [7, 11) is 1.68. The van der Waals surface area contributed by atoms with Gasteiger partial charge in [0, 0.05) is 19.7 Å². The number of hydrogen-bond donors (Lipinski definition) is 2. The minimum absolute atomic E-state index is 0.0282. The van der Waals surface area contributed by atoms with Gasteiger partial charge >= 0.3 is 6.03 Å². The molecule has 1 saturated heterocycles. The highest BCUT2D eigenvalue weighted by Gasteiger charge is 2.38. The van der Waals surface area contributed by atoms with Gasteiger partial charge in [-0.05, 0) is 53.9 Å². The van der Waals surface area contributed by atoms with Crippen LogP contribution >= 0.6 is 0 Å². The minimum Gasteiger partial charge on any atom is -0.388 e. The molecule has 2 N–H and O–H groups in total. The maximum absolute atomic E-state index is 12.3. The Balaban J connectivity index is 2.58. The third-order valence-electron chi connectivity index (χ3n) is 4.05. The van der Waals surface area contributed by atoms with E-state index in [0.717, 1.165) is 19.3 Å². The van der Waals surface area contributed by atoms with E-state index in [0.29, 0.717) is 6.54 Å². The third kappa shape index (κ3) is 4.63. The van der Waals surface area contributed by atoms with E-state index < -0.39 is 5.60 Å². The van der Waals surface area contributed by atoms with E-state index in [9.17, 15) is 9.90 Å². The number of urea groups is 1. The van der Waals surface area contributed by atoms with Crippen LogP contribution in [0.1, 0.15) is 53.9 Å². The number of methoxy groups -OCH3 is 1. The maximum atomic E-state index is 12.3. The summed E-state index contributed by atoms with van der Waals surface area (Å²) in [6.45, 7) is 10.2. The van der Waals surface area contributed by atoms with Gasteiger partial charge in [-0.15, -0.1) is 0 Å². The van der Waals surface area contributed by atoms with Crippen LogP contribution in [0.2, 0.25) is 0 Å². The molecule has 0 bridgehead atoms. The number of carbonyl (C=O) groups excluding carboxylic acids is 1. The minimum atomic E-state index is -0.858. The van der Waals surface area contributed by atoms with E-state index in [-0.39, 0.29) is 23.7 Å². The first-order valence-corrected chi connectivity index (χ1v) is 7.41. The molecule has 0 aromatic heterocycles. The Morgan fingerprint density at radius 1 is 1.45 bits per heavy atom. The molecule has 118 valence electrons. The van der Waals surface area contributed by atoms with Gasteiger partial charge in [0.1, 0.15) is 0 Å². The molecule has 1 aliphatic heterocycles. The predicted octanol–water partition coefficient (Wildman–Crippen LogP) is 2.13. The molecule has 0 aliphatic carbocycles. The quantitative estimate of drug-likeness (QED) is 0.814. The van der Waals surface area contributed by atoms with Gasteiger partial charge in [-0.2, -0.15) is 0 Å². The molecular weight excluding hydrogens is 256 g/mol. The van der Waals surface area contributed by atoms with E-state index in [1.54, 1.807) is 25.9 Å². The van der Waals surface area contributed by atoms with Crippen molar-refractivity contribution in [1.29, 1.82) is 0 Å². The Morgan fingerprint density at radius 3 is 2.55 bits per heavy atom. The Labute approximate surface area is 122 Å². The topological polar surface area (TPSA) is 61.8 Å². The Hall–Kier alpha value is -0.810. The van der Waals surface area contributed by atoms with Crippen molar-refractivity contribution in [2.75, 3.05) is 13.7 Å². The van der Waals surface area contributed by atoms with Crippen LogP contribution in [0.5, 0.6) is 0 Å². The van der Waals surface area contributed by atoms with Crippen molar-refractivity contribution >= 4 is 6.03 Å². The highest BCUT2D eigenvalue weighted by atomic mass is 16.5. The highest BCUT2D eigenvalue weighted by molar-refractivity contribution is 5.75. The van der Waals surface area contributed by atoms with Crippen LogP contribution in [-0.2, 0) is 4.74 Å². The number of rotatable bonds is 5. The number of ether oxygens (including phenoxy) is 1. The van der Waals surface area contributed by atoms with Crippen LogP contribution in [0, 0.1) is 0 Å². The van der Waals surface area contributed by atoms with Gasteiger partial charge in [0.15, 0.2) is 0 Å². The zero-order valence-electron chi connectivity index (χ0n) is 13.7. The number of nitrogens with zero attached hydrogens (tertiary/aromatic N) is 1. The predicted molar refractivity (Wildman–Crippen MR) is 79.7 cm³/mol. The van der Waals surface area contributed by atoms with Gasteiger partial charge < -0.3 is 20.1 Å². The van der Waals surface area contributed by atoms with E-state index in [4.69, 9.17) is 4.74 Å². The lowest BCUT2D eigenvalue weighted by Crippen LogP contribution is -2.53. The second-order valence-corrected chi connectivity index (χ2v) is 7.02. The molecule has 1 rings (SSSR count). The number of hydrogen-bond acceptors (Lipinski definition) is 3. The summed E-state index contributed by atoms with van der Waals surface area (Å²) in [5.74, 6) is 0. The largest absolute Gasteiger partial charge is 0.388 e. The molecule has 1 aliphatic rings. The van der Waals surface area contributed by atoms with E-state index in [1.807, 2.05) is 20.8 Å². The van der Waals surface area contributed by atoms with Gasteiger partial charge in [-0.25, -0.2) is 4.79 Å². The van der Waals surface area contributed by atoms with Gasteiger partial charge in [-0.3, -0.25) is 0 Å². The van der Waals surface area contributed by atoms with Gasteiger partial charge in [0.2, 0.25) is 0 Å². The SMILES string of the molecule is COC(C)(C)C[C@@H](C)NC(=O)N1CCC[C@@H]1C(C)(C)O. The second-order valence-electron chi connectivity index (χ2n) is 7.02. The Kier molecular flexibility index (Phi) is 5.44. The van der Waals surface area contributed by atoms with Crippen molar-refractivity contribution in [3.05, 3.63) is 0 Å². The van der Waals surface area contributed by atoms with Crippen LogP contribution < -0.4 is 5.32 Å². The molecule has 0 aromatic rings. The lowest BCUT2D eigenvalue weighted by Gasteiger charge is -2.35. The van der Waals surface area contributed by atoms with Crippen molar-refractivity contribution in [3.8, 4) is 0 Å². The molecule has 1 fully saturated rings. The smallest absolute Gasteiger partial charge is 0.317 e. The van der Waals surface area contributed by atoms with Crippen LogP contribution in [0.15, 0.2) is 0 Å². The molecule has 5 nitrogen and oxygen atoms in total. The fourth-order valence-corrected chi connectivity index (χ4v) is 2.91. The highest BCUT2D eigenvalue weighted by Crippen LogP contribution is 2.27. The molecule has 5 heteroatoms. The monoisotopic (exact) mass is 286 g/mol. The number of nitrogens with one attached hydrogen (secondary N) is 1. The van der Waals surface area contributed by atoms with E-state index in [2.05, 4.69) is 5.32 Å². The molecule has 1 heterocycles. The zero-order valence-corrected chi connectivity index (χ0v) is 13.7. The second kappa shape index (κ2) is 6.31. The first kappa shape index (κ1) is 17.2. The number of likely N-dealkylation sites (tertiary alicyclic amines) is 1. The first-order chi connectivity index (χ1) is 9.07. The van der Waals surface area contributed by atoms with Crippen molar-refractivity contribution in [2.45, 2.75) is 77.2 Å². The molecule has 0 radical (unpaired) electrons. The number of aliphatic hydroxyl groups is 1. The van der Waals surface area contributed by atoms with Crippen LogP contribution in [0.4, 0.5) is 4.79 Å². The molecule has 2 amide bonds. The van der Waals surface area contributed by atoms with Crippen molar-refractivity contribution in [1.82, 2.24) is 10.2 Å². The molecule has 0 spiro atoms. The van der Waals surface area contributed by atoms with Crippen molar-refractivity contribution < 1.29 is 14.6 Å². The molecule has 0 saturated carbocycles. The fourth-order valence-electron chi connectivity index (χ4n) is 2.91. The van der Waals surface area contributed by atoms with Crippen LogP contribution in [-0.4, -0.2) is 53.0 Å². The summed E-state index contributed by atoms with van der Waals surface area (Å²) in [6, 6.07) is -0.167. The molecule has 20 heavy (non-hydrogen) atoms. The van der Waals surface area contributed by atoms with Crippen molar-refractivity contribution in [3.63, 3.8) is 0 Å². The summed E-state index contributed by atoms with van der Waals surface area (Å²) < 4.78 is 5.39. The van der Waals surface area contributed by atoms with Crippen molar-refractivity contribution in [2.24, 2.45) is 0 Å². The Bertz CT molecular complexity index is 337. The maximum Gasteiger partial charge on any atom is 0.317 e. The molecule has 0 aromatic carbocycles. The Morgan fingerprint density at radius 2 is 2.05 bits per heavy atom. The van der Waals surface area contributed by atoms with E-state index in [1.165, 1.54) is 0 Å². The standard InChI is InChI=1S/C15H30N2O3/c1-11(10-14(2,3)20-6)16-13(18)17-9-7-8-12(17)15(4,5)19/h11-12,19H,7-10H2,1-6H3,(H,16,18)/t11-,12-/m1/s1. The zero-order chi connectivity index (χ0) is 15.6. The molecular formula is C15H30N2O3. The molecule has 0 unspecified atom stereocenters. The normalized spacial score (nSPS) is 21.9. The lowest BCUT2D eigenvalue weighted by molar-refractivity contribution is 0.00316. The molecule has 2 atom stereocenters. The number of carbonyl (C=O) groups is 1. The number of amides is 2. The van der Waals surface area contributed by atoms with E-state index >= 15 is 0 Å². The fraction of sp³-hybridized carbons (Fsp3) is 0.933. The summed E-state index contributed by atoms with van der Waals surface area (Å²) in [5, 5.41) is 13.2. The van der Waals surface area contributed by atoms with Gasteiger partial charge in [-0.1, -0.05) is 0 Å². The summed E-state index contributed by atoms with van der Waals surface area (Å²) in [6.07, 6.45) is 2.55. The average molecular weight is 286 g/mol. The summed E-state index contributed by atoms with van der Waals surface area (Å²) >= 11 is 0. The van der Waals surface area contributed by atoms with Gasteiger partial charge in [0.25, 0.3) is 0 Å². The van der Waals surface area contributed by atoms with Crippen LogP contribution in [0.25, 0.3) is 0 Å². The van der Waals surface area contributed by atoms with Crippen LogP contribution in [0.3, 0.4) is 0 Å². The van der Waals surface area contributed by atoms with Gasteiger partial charge in [0.05, 0.1) is 17.2 Å². The third-order valence-corrected chi connectivity index (χ3v) is 4.05. The lowest BCUT2D eigenvalue weighted by atomic mass is 9.97. The first-order valence-electron chi connectivity index (χ1n) is 7.41. The summed E-state index contributed by atoms with van der Waals surface area (Å²) in [4.78, 5) is 14.1. The average Bonchev–Trinajstić information content (AvgIpc) is 2.76. The summed E-state index contributed by atoms with van der Waals surface area (Å²) in [5.41, 5.74) is -1.11.